The molecular weight excluding hydrogens is 218 g/mol. The fourth-order valence-electron chi connectivity index (χ4n) is 1.52. The van der Waals surface area contributed by atoms with Gasteiger partial charge in [0.1, 0.15) is 12.4 Å². The van der Waals surface area contributed by atoms with Crippen molar-refractivity contribution in [3.63, 3.8) is 0 Å². The topological polar surface area (TPSA) is 46.6 Å². The first kappa shape index (κ1) is 11.1. The second-order valence-electron chi connectivity index (χ2n) is 3.44. The van der Waals surface area contributed by atoms with E-state index in [-0.39, 0.29) is 11.8 Å². The summed E-state index contributed by atoms with van der Waals surface area (Å²) in [6.07, 6.45) is 4.12. The van der Waals surface area contributed by atoms with E-state index in [4.69, 9.17) is 4.74 Å². The second kappa shape index (κ2) is 4.65. The maximum atomic E-state index is 11.5. The van der Waals surface area contributed by atoms with Gasteiger partial charge in [-0.25, -0.2) is 4.90 Å². The number of amides is 2. The molecule has 1 aliphatic heterocycles. The lowest BCUT2D eigenvalue weighted by Gasteiger charge is -2.14. The SMILES string of the molecule is C=CCOc1cccc(N2C(=O)C=CC2=O)c1. The van der Waals surface area contributed by atoms with E-state index in [0.29, 0.717) is 18.0 Å². The zero-order valence-electron chi connectivity index (χ0n) is 9.13. The van der Waals surface area contributed by atoms with Crippen LogP contribution in [0.3, 0.4) is 0 Å². The van der Waals surface area contributed by atoms with Crippen molar-refractivity contribution in [2.75, 3.05) is 11.5 Å². The van der Waals surface area contributed by atoms with Gasteiger partial charge in [-0.2, -0.15) is 0 Å². The molecule has 0 saturated carbocycles. The van der Waals surface area contributed by atoms with E-state index in [9.17, 15) is 9.59 Å². The predicted molar refractivity (Wildman–Crippen MR) is 63.8 cm³/mol. The van der Waals surface area contributed by atoms with Crippen LogP contribution >= 0.6 is 0 Å². The molecule has 0 saturated heterocycles. The van der Waals surface area contributed by atoms with Crippen molar-refractivity contribution in [1.82, 2.24) is 0 Å². The summed E-state index contributed by atoms with van der Waals surface area (Å²) in [5.41, 5.74) is 0.506. The monoisotopic (exact) mass is 229 g/mol. The molecule has 4 heteroatoms. The van der Waals surface area contributed by atoms with Crippen LogP contribution in [0.25, 0.3) is 0 Å². The molecule has 4 nitrogen and oxygen atoms in total. The van der Waals surface area contributed by atoms with Gasteiger partial charge in [-0.15, -0.1) is 0 Å². The van der Waals surface area contributed by atoms with Crippen LogP contribution in [0.4, 0.5) is 5.69 Å². The number of anilines is 1. The molecule has 0 fully saturated rings. The van der Waals surface area contributed by atoms with Gasteiger partial charge in [-0.1, -0.05) is 18.7 Å². The summed E-state index contributed by atoms with van der Waals surface area (Å²) in [7, 11) is 0. The number of carbonyl (C=O) groups is 2. The van der Waals surface area contributed by atoms with Crippen molar-refractivity contribution in [3.8, 4) is 5.75 Å². The van der Waals surface area contributed by atoms with E-state index >= 15 is 0 Å². The molecule has 0 atom stereocenters. The highest BCUT2D eigenvalue weighted by Gasteiger charge is 2.25. The lowest BCUT2D eigenvalue weighted by atomic mass is 10.2. The van der Waals surface area contributed by atoms with Crippen LogP contribution in [-0.4, -0.2) is 18.4 Å². The smallest absolute Gasteiger partial charge is 0.258 e. The number of benzene rings is 1. The number of ether oxygens (including phenoxy) is 1. The molecule has 86 valence electrons. The van der Waals surface area contributed by atoms with E-state index < -0.39 is 0 Å². The highest BCUT2D eigenvalue weighted by molar-refractivity contribution is 6.28. The molecule has 0 spiro atoms. The van der Waals surface area contributed by atoms with Gasteiger partial charge in [0.25, 0.3) is 11.8 Å². The Balaban J connectivity index is 2.24. The number of nitrogens with zero attached hydrogens (tertiary/aromatic N) is 1. The van der Waals surface area contributed by atoms with Gasteiger partial charge >= 0.3 is 0 Å². The van der Waals surface area contributed by atoms with E-state index in [2.05, 4.69) is 6.58 Å². The number of hydrogen-bond acceptors (Lipinski definition) is 3. The highest BCUT2D eigenvalue weighted by atomic mass is 16.5. The lowest BCUT2D eigenvalue weighted by Crippen LogP contribution is -2.29. The van der Waals surface area contributed by atoms with Crippen LogP contribution in [0.5, 0.6) is 5.75 Å². The van der Waals surface area contributed by atoms with E-state index in [0.717, 1.165) is 4.90 Å². The molecule has 0 aliphatic carbocycles. The Morgan fingerprint density at radius 1 is 1.24 bits per heavy atom. The highest BCUT2D eigenvalue weighted by Crippen LogP contribution is 2.23. The largest absolute Gasteiger partial charge is 0.489 e. The van der Waals surface area contributed by atoms with Gasteiger partial charge in [-0.3, -0.25) is 9.59 Å². The van der Waals surface area contributed by atoms with Crippen LogP contribution in [0.1, 0.15) is 0 Å². The maximum Gasteiger partial charge on any atom is 0.258 e. The van der Waals surface area contributed by atoms with Crippen LogP contribution in [0, 0.1) is 0 Å². The molecule has 0 aromatic heterocycles. The van der Waals surface area contributed by atoms with E-state index in [1.807, 2.05) is 0 Å². The van der Waals surface area contributed by atoms with Crippen molar-refractivity contribution in [3.05, 3.63) is 49.1 Å². The number of imide groups is 1. The molecule has 0 N–H and O–H groups in total. The Labute approximate surface area is 98.8 Å². The van der Waals surface area contributed by atoms with E-state index in [1.54, 1.807) is 30.3 Å². The summed E-state index contributed by atoms with van der Waals surface area (Å²) in [6, 6.07) is 6.81. The molecule has 0 unspecified atom stereocenters. The third-order valence-corrected chi connectivity index (χ3v) is 2.25. The second-order valence-corrected chi connectivity index (χ2v) is 3.44. The summed E-state index contributed by atoms with van der Waals surface area (Å²) in [4.78, 5) is 24.0. The van der Waals surface area contributed by atoms with Crippen molar-refractivity contribution in [2.24, 2.45) is 0 Å². The Morgan fingerprint density at radius 3 is 2.59 bits per heavy atom. The summed E-state index contributed by atoms with van der Waals surface area (Å²) < 4.78 is 5.34. The van der Waals surface area contributed by atoms with Crippen LogP contribution in [-0.2, 0) is 9.59 Å². The first-order chi connectivity index (χ1) is 8.22. The normalized spacial score (nSPS) is 14.2. The summed E-state index contributed by atoms with van der Waals surface area (Å²) in [5.74, 6) is -0.0818. The van der Waals surface area contributed by atoms with Crippen LogP contribution in [0.15, 0.2) is 49.1 Å². The molecule has 17 heavy (non-hydrogen) atoms. The summed E-state index contributed by atoms with van der Waals surface area (Å²) in [6.45, 7) is 3.92. The Morgan fingerprint density at radius 2 is 1.94 bits per heavy atom. The predicted octanol–water partition coefficient (Wildman–Crippen LogP) is 1.68. The Hall–Kier alpha value is -2.36. The van der Waals surface area contributed by atoms with Crippen molar-refractivity contribution in [1.29, 1.82) is 0 Å². The fraction of sp³-hybridized carbons (Fsp3) is 0.0769. The molecular formula is C13H11NO3. The standard InChI is InChI=1S/C13H11NO3/c1-2-8-17-11-5-3-4-10(9-11)14-12(15)6-7-13(14)16/h2-7,9H,1,8H2. The van der Waals surface area contributed by atoms with Gasteiger partial charge in [0.05, 0.1) is 5.69 Å². The molecule has 1 aliphatic rings. The number of rotatable bonds is 4. The van der Waals surface area contributed by atoms with Gasteiger partial charge in [-0.05, 0) is 12.1 Å². The zero-order chi connectivity index (χ0) is 12.3. The molecule has 0 radical (unpaired) electrons. The fourth-order valence-corrected chi connectivity index (χ4v) is 1.52. The average Bonchev–Trinajstić information content (AvgIpc) is 2.67. The van der Waals surface area contributed by atoms with Gasteiger partial charge in [0.2, 0.25) is 0 Å². The van der Waals surface area contributed by atoms with Crippen molar-refractivity contribution in [2.45, 2.75) is 0 Å². The molecule has 1 aromatic carbocycles. The molecule has 1 heterocycles. The van der Waals surface area contributed by atoms with Gasteiger partial charge < -0.3 is 4.74 Å². The minimum Gasteiger partial charge on any atom is -0.489 e. The van der Waals surface area contributed by atoms with Crippen LogP contribution in [0.2, 0.25) is 0 Å². The molecule has 1 aromatic rings. The van der Waals surface area contributed by atoms with Gasteiger partial charge in [0, 0.05) is 18.2 Å². The molecule has 0 bridgehead atoms. The van der Waals surface area contributed by atoms with E-state index in [1.165, 1.54) is 12.2 Å². The third kappa shape index (κ3) is 2.25. The molecule has 2 rings (SSSR count). The van der Waals surface area contributed by atoms with Crippen molar-refractivity contribution < 1.29 is 14.3 Å². The Bertz CT molecular complexity index is 487. The first-order valence-electron chi connectivity index (χ1n) is 5.12. The van der Waals surface area contributed by atoms with Gasteiger partial charge in [0.15, 0.2) is 0 Å². The minimum absolute atomic E-state index is 0.337. The quantitative estimate of drug-likeness (QED) is 0.583. The number of hydrogen-bond donors (Lipinski definition) is 0. The summed E-state index contributed by atoms with van der Waals surface area (Å²) >= 11 is 0. The lowest BCUT2D eigenvalue weighted by molar-refractivity contribution is -0.119. The number of carbonyl (C=O) groups excluding carboxylic acids is 2. The zero-order valence-corrected chi connectivity index (χ0v) is 9.13. The first-order valence-corrected chi connectivity index (χ1v) is 5.12. The average molecular weight is 229 g/mol. The molecule has 2 amide bonds. The minimum atomic E-state index is -0.337. The third-order valence-electron chi connectivity index (χ3n) is 2.25. The summed E-state index contributed by atoms with van der Waals surface area (Å²) in [5, 5.41) is 0. The van der Waals surface area contributed by atoms with Crippen molar-refractivity contribution >= 4 is 17.5 Å². The Kier molecular flexibility index (Phi) is 3.05. The van der Waals surface area contributed by atoms with Crippen LogP contribution < -0.4 is 9.64 Å². The maximum absolute atomic E-state index is 11.5.